The third kappa shape index (κ3) is 4.91. The van der Waals surface area contributed by atoms with E-state index in [0.29, 0.717) is 45.6 Å². The van der Waals surface area contributed by atoms with Gasteiger partial charge in [-0.15, -0.1) is 0 Å². The first kappa shape index (κ1) is 25.2. The van der Waals surface area contributed by atoms with Crippen LogP contribution in [0.4, 0.5) is 21.9 Å². The number of amides is 2. The van der Waals surface area contributed by atoms with Crippen molar-refractivity contribution in [2.75, 3.05) is 22.6 Å². The first-order valence-corrected chi connectivity index (χ1v) is 12.7. The predicted molar refractivity (Wildman–Crippen MR) is 149 cm³/mol. The number of ketones is 1. The summed E-state index contributed by atoms with van der Waals surface area (Å²) in [6.07, 6.45) is 1.07. The number of halogens is 2. The lowest BCUT2D eigenvalue weighted by atomic mass is 9.73. The number of allylic oxidation sites excluding steroid dienone is 1. The standard InChI is InChI=1S/C29H27Cl2N3O3/c1-29(2)15-23-26(25(35)16-29)27(17-8-11-19(37-3)12-9-17)34(24-7-5-4-6-22(24)33-23)28(36)32-18-10-13-20(30)21(31)14-18/h4-14,27,33H,15-16H2,1-3H3,(H,32,36)/t27-/m0/s1. The average Bonchev–Trinajstić information content (AvgIpc) is 3.00. The van der Waals surface area contributed by atoms with Crippen molar-refractivity contribution < 1.29 is 14.3 Å². The summed E-state index contributed by atoms with van der Waals surface area (Å²) in [5.74, 6) is 0.702. The Balaban J connectivity index is 1.70. The number of rotatable bonds is 3. The summed E-state index contributed by atoms with van der Waals surface area (Å²) in [4.78, 5) is 29.4. The van der Waals surface area contributed by atoms with E-state index in [1.165, 1.54) is 0 Å². The van der Waals surface area contributed by atoms with Crippen LogP contribution in [0.25, 0.3) is 0 Å². The van der Waals surface area contributed by atoms with Gasteiger partial charge < -0.3 is 15.4 Å². The molecule has 6 nitrogen and oxygen atoms in total. The topological polar surface area (TPSA) is 70.7 Å². The number of anilines is 3. The van der Waals surface area contributed by atoms with Gasteiger partial charge in [0.25, 0.3) is 0 Å². The minimum absolute atomic E-state index is 0.0136. The summed E-state index contributed by atoms with van der Waals surface area (Å²) in [7, 11) is 1.60. The van der Waals surface area contributed by atoms with Crippen LogP contribution in [0.3, 0.4) is 0 Å². The number of Topliss-reactive ketones (excluding diaryl/α,β-unsaturated/α-hetero) is 1. The molecule has 190 valence electrons. The van der Waals surface area contributed by atoms with E-state index < -0.39 is 12.1 Å². The van der Waals surface area contributed by atoms with Gasteiger partial charge in [0.15, 0.2) is 5.78 Å². The number of carbonyl (C=O) groups is 2. The fourth-order valence-electron chi connectivity index (χ4n) is 5.07. The molecule has 0 radical (unpaired) electrons. The van der Waals surface area contributed by atoms with Crippen molar-refractivity contribution in [3.63, 3.8) is 0 Å². The minimum atomic E-state index is -0.663. The van der Waals surface area contributed by atoms with Crippen molar-refractivity contribution in [3.8, 4) is 5.75 Å². The number of para-hydroxylation sites is 2. The Labute approximate surface area is 226 Å². The fourth-order valence-corrected chi connectivity index (χ4v) is 5.37. The van der Waals surface area contributed by atoms with Crippen LogP contribution in [0.1, 0.15) is 38.3 Å². The molecule has 8 heteroatoms. The summed E-state index contributed by atoms with van der Waals surface area (Å²) >= 11 is 12.3. The number of carbonyl (C=O) groups excluding carboxylic acids is 2. The summed E-state index contributed by atoms with van der Waals surface area (Å²) in [6.45, 7) is 4.18. The molecule has 0 saturated heterocycles. The Kier molecular flexibility index (Phi) is 6.65. The minimum Gasteiger partial charge on any atom is -0.497 e. The maximum Gasteiger partial charge on any atom is 0.327 e. The van der Waals surface area contributed by atoms with Crippen molar-refractivity contribution >= 4 is 52.1 Å². The van der Waals surface area contributed by atoms with Gasteiger partial charge in [0, 0.05) is 23.4 Å². The largest absolute Gasteiger partial charge is 0.497 e. The molecule has 1 aliphatic heterocycles. The fraction of sp³-hybridized carbons (Fsp3) is 0.241. The molecule has 0 saturated carbocycles. The smallest absolute Gasteiger partial charge is 0.327 e. The molecule has 3 aromatic rings. The van der Waals surface area contributed by atoms with Crippen LogP contribution in [0.2, 0.25) is 10.0 Å². The normalized spacial score (nSPS) is 18.4. The molecule has 0 unspecified atom stereocenters. The lowest BCUT2D eigenvalue weighted by Crippen LogP contribution is -2.41. The van der Waals surface area contributed by atoms with Gasteiger partial charge in [-0.1, -0.05) is 61.3 Å². The second-order valence-electron chi connectivity index (χ2n) is 10.1. The van der Waals surface area contributed by atoms with Crippen LogP contribution in [-0.4, -0.2) is 18.9 Å². The van der Waals surface area contributed by atoms with Crippen LogP contribution in [0.5, 0.6) is 5.75 Å². The van der Waals surface area contributed by atoms with Gasteiger partial charge in [-0.25, -0.2) is 4.79 Å². The Morgan fingerprint density at radius 2 is 1.76 bits per heavy atom. The molecule has 0 aromatic heterocycles. The Morgan fingerprint density at radius 1 is 1.03 bits per heavy atom. The molecule has 0 fully saturated rings. The van der Waals surface area contributed by atoms with Crippen molar-refractivity contribution in [1.82, 2.24) is 0 Å². The maximum atomic E-state index is 14.0. The van der Waals surface area contributed by atoms with E-state index in [4.69, 9.17) is 27.9 Å². The lowest BCUT2D eigenvalue weighted by Gasteiger charge is -2.37. The van der Waals surface area contributed by atoms with E-state index in [1.54, 1.807) is 30.2 Å². The first-order valence-electron chi connectivity index (χ1n) is 12.0. The van der Waals surface area contributed by atoms with Crippen LogP contribution in [0, 0.1) is 5.41 Å². The van der Waals surface area contributed by atoms with Crippen molar-refractivity contribution in [2.24, 2.45) is 5.41 Å². The van der Waals surface area contributed by atoms with Crippen LogP contribution >= 0.6 is 23.2 Å². The van der Waals surface area contributed by atoms with Crippen molar-refractivity contribution in [2.45, 2.75) is 32.7 Å². The van der Waals surface area contributed by atoms with E-state index in [1.807, 2.05) is 48.5 Å². The highest BCUT2D eigenvalue weighted by molar-refractivity contribution is 6.42. The van der Waals surface area contributed by atoms with E-state index in [-0.39, 0.29) is 11.2 Å². The van der Waals surface area contributed by atoms with E-state index >= 15 is 0 Å². The molecule has 1 atom stereocenters. The van der Waals surface area contributed by atoms with Gasteiger partial charge in [0.1, 0.15) is 5.75 Å². The molecule has 5 rings (SSSR count). The predicted octanol–water partition coefficient (Wildman–Crippen LogP) is 7.85. The molecular weight excluding hydrogens is 509 g/mol. The monoisotopic (exact) mass is 535 g/mol. The number of fused-ring (bicyclic) bond motifs is 1. The van der Waals surface area contributed by atoms with Gasteiger partial charge in [-0.05, 0) is 59.9 Å². The average molecular weight is 536 g/mol. The van der Waals surface area contributed by atoms with Gasteiger partial charge >= 0.3 is 6.03 Å². The van der Waals surface area contributed by atoms with E-state index in [2.05, 4.69) is 24.5 Å². The van der Waals surface area contributed by atoms with Gasteiger partial charge in [-0.3, -0.25) is 9.69 Å². The molecule has 2 N–H and O–H groups in total. The summed E-state index contributed by atoms with van der Waals surface area (Å²) in [5, 5.41) is 7.19. The highest BCUT2D eigenvalue weighted by Gasteiger charge is 2.43. The molecule has 0 spiro atoms. The molecule has 2 aliphatic rings. The second-order valence-corrected chi connectivity index (χ2v) is 10.9. The van der Waals surface area contributed by atoms with Crippen LogP contribution in [-0.2, 0) is 4.79 Å². The number of methoxy groups -OCH3 is 1. The zero-order chi connectivity index (χ0) is 26.3. The number of nitrogens with zero attached hydrogens (tertiary/aromatic N) is 1. The third-order valence-electron chi connectivity index (χ3n) is 6.72. The van der Waals surface area contributed by atoms with Crippen molar-refractivity contribution in [3.05, 3.63) is 93.6 Å². The van der Waals surface area contributed by atoms with Crippen molar-refractivity contribution in [1.29, 1.82) is 0 Å². The quantitative estimate of drug-likeness (QED) is 0.358. The molecule has 1 aliphatic carbocycles. The zero-order valence-corrected chi connectivity index (χ0v) is 22.3. The van der Waals surface area contributed by atoms with Gasteiger partial charge in [0.05, 0.1) is 34.6 Å². The van der Waals surface area contributed by atoms with Crippen LogP contribution < -0.4 is 20.3 Å². The number of urea groups is 1. The molecule has 37 heavy (non-hydrogen) atoms. The molecule has 0 bridgehead atoms. The molecule has 3 aromatic carbocycles. The van der Waals surface area contributed by atoms with E-state index in [0.717, 1.165) is 16.9 Å². The highest BCUT2D eigenvalue weighted by Crippen LogP contribution is 2.48. The van der Waals surface area contributed by atoms with Crippen LogP contribution in [0.15, 0.2) is 78.0 Å². The summed E-state index contributed by atoms with van der Waals surface area (Å²) in [6, 6.07) is 18.9. The third-order valence-corrected chi connectivity index (χ3v) is 7.46. The number of hydrogen-bond donors (Lipinski definition) is 2. The molecule has 2 amide bonds. The molecule has 1 heterocycles. The molecular formula is C29H27Cl2N3O3. The Bertz CT molecular complexity index is 1420. The maximum absolute atomic E-state index is 14.0. The zero-order valence-electron chi connectivity index (χ0n) is 20.8. The Morgan fingerprint density at radius 3 is 2.46 bits per heavy atom. The summed E-state index contributed by atoms with van der Waals surface area (Å²) < 4.78 is 5.36. The second kappa shape index (κ2) is 9.77. The number of nitrogens with one attached hydrogen (secondary N) is 2. The van der Waals surface area contributed by atoms with E-state index in [9.17, 15) is 9.59 Å². The Hall–Kier alpha value is -3.48. The summed E-state index contributed by atoms with van der Waals surface area (Å²) in [5.41, 5.74) is 3.91. The first-order chi connectivity index (χ1) is 17.7. The lowest BCUT2D eigenvalue weighted by molar-refractivity contribution is -0.118. The SMILES string of the molecule is COc1ccc([C@H]2C3=C(CC(C)(C)CC3=O)Nc3ccccc3N2C(=O)Nc2ccc(Cl)c(Cl)c2)cc1. The highest BCUT2D eigenvalue weighted by atomic mass is 35.5. The number of benzene rings is 3. The number of ether oxygens (including phenoxy) is 1. The van der Waals surface area contributed by atoms with Gasteiger partial charge in [-0.2, -0.15) is 0 Å². The number of hydrogen-bond acceptors (Lipinski definition) is 4. The van der Waals surface area contributed by atoms with Gasteiger partial charge in [0.2, 0.25) is 0 Å².